The highest BCUT2D eigenvalue weighted by Crippen LogP contribution is 2.29. The molecule has 3 N–H and O–H groups in total. The van der Waals surface area contributed by atoms with Crippen LogP contribution in [0, 0.1) is 0 Å². The maximum Gasteiger partial charge on any atom is 0.227 e. The van der Waals surface area contributed by atoms with Crippen LogP contribution in [0.2, 0.25) is 0 Å². The van der Waals surface area contributed by atoms with Gasteiger partial charge in [-0.3, -0.25) is 0 Å². The molecule has 0 spiro atoms. The number of nitrogens with zero attached hydrogens (tertiary/aromatic N) is 1. The van der Waals surface area contributed by atoms with Crippen LogP contribution in [0.3, 0.4) is 0 Å². The molecule has 0 aliphatic carbocycles. The van der Waals surface area contributed by atoms with E-state index in [9.17, 15) is 5.11 Å². The van der Waals surface area contributed by atoms with Crippen LogP contribution in [0.25, 0.3) is 22.6 Å². The van der Waals surface area contributed by atoms with Crippen molar-refractivity contribution in [2.45, 2.75) is 13.3 Å². The number of hydrogen-bond acceptors (Lipinski definition) is 4. The van der Waals surface area contributed by atoms with Gasteiger partial charge in [0.15, 0.2) is 5.58 Å². The number of oxazole rings is 1. The Morgan fingerprint density at radius 1 is 1.21 bits per heavy atom. The van der Waals surface area contributed by atoms with E-state index in [4.69, 9.17) is 10.2 Å². The molecule has 0 aliphatic rings. The molecule has 19 heavy (non-hydrogen) atoms. The molecule has 0 radical (unpaired) electrons. The summed E-state index contributed by atoms with van der Waals surface area (Å²) in [6.07, 6.45) is 0.959. The molecule has 4 heteroatoms. The highest BCUT2D eigenvalue weighted by Gasteiger charge is 2.10. The third kappa shape index (κ3) is 2.01. The van der Waals surface area contributed by atoms with Crippen LogP contribution in [-0.4, -0.2) is 10.1 Å². The molecule has 0 bridgehead atoms. The maximum atomic E-state index is 9.62. The van der Waals surface area contributed by atoms with Gasteiger partial charge in [-0.2, -0.15) is 0 Å². The minimum Gasteiger partial charge on any atom is -0.506 e. The second-order valence-electron chi connectivity index (χ2n) is 4.45. The fourth-order valence-corrected chi connectivity index (χ4v) is 1.99. The third-order valence-electron chi connectivity index (χ3n) is 3.14. The van der Waals surface area contributed by atoms with E-state index >= 15 is 0 Å². The predicted octanol–water partition coefficient (Wildman–Crippen LogP) is 3.35. The van der Waals surface area contributed by atoms with Crippen LogP contribution in [0.4, 0.5) is 5.69 Å². The number of phenolic OH excluding ortho intramolecular Hbond substituents is 1. The monoisotopic (exact) mass is 254 g/mol. The summed E-state index contributed by atoms with van der Waals surface area (Å²) in [4.78, 5) is 4.44. The minimum absolute atomic E-state index is 0.0361. The van der Waals surface area contributed by atoms with Crippen LogP contribution >= 0.6 is 0 Å². The van der Waals surface area contributed by atoms with E-state index in [1.165, 1.54) is 5.56 Å². The van der Waals surface area contributed by atoms with E-state index < -0.39 is 0 Å². The number of hydrogen-bond donors (Lipinski definition) is 2. The van der Waals surface area contributed by atoms with Crippen molar-refractivity contribution in [3.8, 4) is 17.2 Å². The third-order valence-corrected chi connectivity index (χ3v) is 3.14. The first-order valence-electron chi connectivity index (χ1n) is 6.15. The molecule has 96 valence electrons. The lowest BCUT2D eigenvalue weighted by Gasteiger charge is -1.99. The van der Waals surface area contributed by atoms with Crippen molar-refractivity contribution < 1.29 is 9.52 Å². The maximum absolute atomic E-state index is 9.62. The van der Waals surface area contributed by atoms with Crippen molar-refractivity contribution in [1.82, 2.24) is 4.98 Å². The number of fused-ring (bicyclic) bond motifs is 1. The summed E-state index contributed by atoms with van der Waals surface area (Å²) >= 11 is 0. The zero-order valence-corrected chi connectivity index (χ0v) is 10.6. The summed E-state index contributed by atoms with van der Waals surface area (Å²) in [6.45, 7) is 2.10. The summed E-state index contributed by atoms with van der Waals surface area (Å²) in [5.74, 6) is 0.521. The number of aryl methyl sites for hydroxylation is 1. The number of aromatic hydroxyl groups is 1. The highest BCUT2D eigenvalue weighted by atomic mass is 16.3. The smallest absolute Gasteiger partial charge is 0.227 e. The van der Waals surface area contributed by atoms with Gasteiger partial charge in [-0.05, 0) is 42.3 Å². The second kappa shape index (κ2) is 4.31. The summed E-state index contributed by atoms with van der Waals surface area (Å²) < 4.78 is 5.69. The molecule has 4 nitrogen and oxygen atoms in total. The summed E-state index contributed by atoms with van der Waals surface area (Å²) in [5.41, 5.74) is 9.41. The number of anilines is 1. The fourth-order valence-electron chi connectivity index (χ4n) is 1.99. The second-order valence-corrected chi connectivity index (χ2v) is 4.45. The number of rotatable bonds is 2. The Bertz CT molecular complexity index is 747. The summed E-state index contributed by atoms with van der Waals surface area (Å²) in [6, 6.07) is 10.9. The van der Waals surface area contributed by atoms with Gasteiger partial charge in [-0.25, -0.2) is 4.98 Å². The Kier molecular flexibility index (Phi) is 2.63. The molecular formula is C15H14N2O2. The van der Waals surface area contributed by atoms with Gasteiger partial charge in [0.25, 0.3) is 0 Å². The van der Waals surface area contributed by atoms with E-state index in [1.54, 1.807) is 18.2 Å². The molecule has 0 saturated heterocycles. The fraction of sp³-hybridized carbons (Fsp3) is 0.133. The molecule has 0 unspecified atom stereocenters. The lowest BCUT2D eigenvalue weighted by atomic mass is 10.1. The van der Waals surface area contributed by atoms with Gasteiger partial charge in [0.05, 0.1) is 5.69 Å². The van der Waals surface area contributed by atoms with Gasteiger partial charge < -0.3 is 15.3 Å². The van der Waals surface area contributed by atoms with Crippen molar-refractivity contribution in [2.75, 3.05) is 5.73 Å². The molecule has 1 heterocycles. The Labute approximate surface area is 110 Å². The van der Waals surface area contributed by atoms with Crippen LogP contribution in [0.15, 0.2) is 40.8 Å². The molecule has 0 fully saturated rings. The molecule has 0 amide bonds. The van der Waals surface area contributed by atoms with Crippen LogP contribution < -0.4 is 5.73 Å². The van der Waals surface area contributed by atoms with Crippen LogP contribution in [0.1, 0.15) is 12.5 Å². The van der Waals surface area contributed by atoms with Crippen molar-refractivity contribution >= 4 is 16.8 Å². The molecule has 3 aromatic rings. The molecule has 2 aromatic carbocycles. The lowest BCUT2D eigenvalue weighted by molar-refractivity contribution is 0.478. The first kappa shape index (κ1) is 11.6. The summed E-state index contributed by atoms with van der Waals surface area (Å²) in [7, 11) is 0. The SMILES string of the molecule is CCc1ccc2oc(-c3ccc(N)c(O)c3)nc2c1. The number of aromatic nitrogens is 1. The van der Waals surface area contributed by atoms with Crippen LogP contribution in [0.5, 0.6) is 5.75 Å². The highest BCUT2D eigenvalue weighted by molar-refractivity contribution is 5.77. The average molecular weight is 254 g/mol. The van der Waals surface area contributed by atoms with Crippen LogP contribution in [-0.2, 0) is 6.42 Å². The predicted molar refractivity (Wildman–Crippen MR) is 74.9 cm³/mol. The van der Waals surface area contributed by atoms with E-state index in [0.29, 0.717) is 17.1 Å². The van der Waals surface area contributed by atoms with E-state index in [2.05, 4.69) is 11.9 Å². The van der Waals surface area contributed by atoms with Gasteiger partial charge in [0.1, 0.15) is 11.3 Å². The number of benzene rings is 2. The Balaban J connectivity index is 2.11. The van der Waals surface area contributed by atoms with Crippen molar-refractivity contribution in [3.05, 3.63) is 42.0 Å². The average Bonchev–Trinajstić information content (AvgIpc) is 2.84. The summed E-state index contributed by atoms with van der Waals surface area (Å²) in [5, 5.41) is 9.62. The first-order chi connectivity index (χ1) is 9.17. The van der Waals surface area contributed by atoms with Crippen molar-refractivity contribution in [3.63, 3.8) is 0 Å². The molecular weight excluding hydrogens is 240 g/mol. The normalized spacial score (nSPS) is 11.0. The standard InChI is InChI=1S/C15H14N2O2/c1-2-9-3-6-14-12(7-9)17-15(19-14)10-4-5-11(16)13(18)8-10/h3-8,18H,2,16H2,1H3. The number of phenols is 1. The van der Waals surface area contributed by atoms with Crippen molar-refractivity contribution in [2.24, 2.45) is 0 Å². The zero-order valence-electron chi connectivity index (χ0n) is 10.6. The van der Waals surface area contributed by atoms with Gasteiger partial charge >= 0.3 is 0 Å². The Hall–Kier alpha value is -2.49. The van der Waals surface area contributed by atoms with Gasteiger partial charge in [0, 0.05) is 5.56 Å². The Morgan fingerprint density at radius 2 is 2.05 bits per heavy atom. The van der Waals surface area contributed by atoms with E-state index in [-0.39, 0.29) is 5.75 Å². The van der Waals surface area contributed by atoms with E-state index in [0.717, 1.165) is 17.5 Å². The number of nitrogen functional groups attached to an aromatic ring is 1. The first-order valence-corrected chi connectivity index (χ1v) is 6.15. The topological polar surface area (TPSA) is 72.3 Å². The van der Waals surface area contributed by atoms with Gasteiger partial charge in [0.2, 0.25) is 5.89 Å². The lowest BCUT2D eigenvalue weighted by Crippen LogP contribution is -1.85. The Morgan fingerprint density at radius 3 is 2.79 bits per heavy atom. The zero-order chi connectivity index (χ0) is 13.4. The quantitative estimate of drug-likeness (QED) is 0.543. The molecule has 3 rings (SSSR count). The van der Waals surface area contributed by atoms with Gasteiger partial charge in [-0.15, -0.1) is 0 Å². The largest absolute Gasteiger partial charge is 0.506 e. The van der Waals surface area contributed by atoms with E-state index in [1.807, 2.05) is 18.2 Å². The molecule has 0 aliphatic heterocycles. The minimum atomic E-state index is 0.0361. The van der Waals surface area contributed by atoms with Crippen molar-refractivity contribution in [1.29, 1.82) is 0 Å². The van der Waals surface area contributed by atoms with Gasteiger partial charge in [-0.1, -0.05) is 13.0 Å². The molecule has 0 saturated carbocycles. The molecule has 1 aromatic heterocycles. The number of nitrogens with two attached hydrogens (primary N) is 1. The molecule has 0 atom stereocenters.